The summed E-state index contributed by atoms with van der Waals surface area (Å²) in [6.45, 7) is 1.27. The van der Waals surface area contributed by atoms with Gasteiger partial charge in [-0.3, -0.25) is 4.79 Å². The molecule has 0 aliphatic rings. The summed E-state index contributed by atoms with van der Waals surface area (Å²) in [6.07, 6.45) is 0. The van der Waals surface area contributed by atoms with E-state index in [9.17, 15) is 13.2 Å². The summed E-state index contributed by atoms with van der Waals surface area (Å²) in [5.41, 5.74) is 0. The van der Waals surface area contributed by atoms with E-state index in [1.807, 2.05) is 0 Å². The number of aliphatic carboxylic acids is 1. The lowest BCUT2D eigenvalue weighted by molar-refractivity contribution is -0.140. The van der Waals surface area contributed by atoms with Crippen molar-refractivity contribution in [1.29, 1.82) is 0 Å². The summed E-state index contributed by atoms with van der Waals surface area (Å²) in [6, 6.07) is 2.95. The van der Waals surface area contributed by atoms with Crippen molar-refractivity contribution in [3.63, 3.8) is 0 Å². The third-order valence-corrected chi connectivity index (χ3v) is 5.11. The second-order valence-corrected chi connectivity index (χ2v) is 6.20. The number of carboxylic acids is 1. The minimum absolute atomic E-state index is 0.00485. The first-order valence-electron chi connectivity index (χ1n) is 5.26. The summed E-state index contributed by atoms with van der Waals surface area (Å²) in [4.78, 5) is 10.7. The van der Waals surface area contributed by atoms with Gasteiger partial charge in [-0.25, -0.2) is 8.42 Å². The highest BCUT2D eigenvalue weighted by atomic mass is 35.5. The van der Waals surface area contributed by atoms with Crippen molar-refractivity contribution in [2.45, 2.75) is 17.9 Å². The van der Waals surface area contributed by atoms with E-state index in [0.29, 0.717) is 5.75 Å². The van der Waals surface area contributed by atoms with Crippen molar-refractivity contribution in [2.24, 2.45) is 0 Å². The van der Waals surface area contributed by atoms with E-state index >= 15 is 0 Å². The maximum absolute atomic E-state index is 12.3. The van der Waals surface area contributed by atoms with Crippen molar-refractivity contribution in [3.8, 4) is 5.75 Å². The average molecular weight is 308 g/mol. The van der Waals surface area contributed by atoms with Crippen LogP contribution in [-0.2, 0) is 14.8 Å². The van der Waals surface area contributed by atoms with Crippen LogP contribution in [0.15, 0.2) is 23.1 Å². The van der Waals surface area contributed by atoms with Gasteiger partial charge in [-0.15, -0.1) is 0 Å². The molecule has 1 aromatic rings. The number of sulfonamides is 1. The fraction of sp³-hybridized carbons (Fsp3) is 0.364. The Morgan fingerprint density at radius 2 is 2.05 bits per heavy atom. The number of likely N-dealkylation sites (N-methyl/N-ethyl adjacent to an activating group) is 1. The lowest BCUT2D eigenvalue weighted by atomic mass is 10.3. The Kier molecular flexibility index (Phi) is 4.78. The fourth-order valence-corrected chi connectivity index (χ4v) is 3.13. The minimum Gasteiger partial charge on any atom is -0.497 e. The van der Waals surface area contributed by atoms with Gasteiger partial charge in [0.25, 0.3) is 0 Å². The van der Waals surface area contributed by atoms with Gasteiger partial charge in [0.05, 0.1) is 12.1 Å². The molecular formula is C11H14ClNO5S. The molecule has 1 N–H and O–H groups in total. The Morgan fingerprint density at radius 3 is 2.53 bits per heavy atom. The number of hydrogen-bond donors (Lipinski definition) is 1. The minimum atomic E-state index is -4.01. The molecule has 1 aromatic carbocycles. The first kappa shape index (κ1) is 15.7. The maximum atomic E-state index is 12.3. The molecule has 106 valence electrons. The van der Waals surface area contributed by atoms with Crippen LogP contribution in [0.3, 0.4) is 0 Å². The van der Waals surface area contributed by atoms with Gasteiger partial charge in [0.2, 0.25) is 10.0 Å². The molecule has 19 heavy (non-hydrogen) atoms. The van der Waals surface area contributed by atoms with Gasteiger partial charge in [0.15, 0.2) is 0 Å². The largest absolute Gasteiger partial charge is 0.497 e. The highest BCUT2D eigenvalue weighted by Crippen LogP contribution is 2.28. The zero-order valence-corrected chi connectivity index (χ0v) is 12.2. The van der Waals surface area contributed by atoms with Crippen molar-refractivity contribution < 1.29 is 23.1 Å². The normalized spacial score (nSPS) is 13.3. The molecule has 0 fully saturated rings. The zero-order valence-electron chi connectivity index (χ0n) is 10.6. The molecule has 0 aromatic heterocycles. The predicted molar refractivity (Wildman–Crippen MR) is 70.1 cm³/mol. The van der Waals surface area contributed by atoms with E-state index in [4.69, 9.17) is 21.4 Å². The number of nitrogens with zero attached hydrogens (tertiary/aromatic N) is 1. The van der Waals surface area contributed by atoms with Crippen LogP contribution in [0.1, 0.15) is 6.92 Å². The quantitative estimate of drug-likeness (QED) is 0.890. The van der Waals surface area contributed by atoms with Gasteiger partial charge >= 0.3 is 5.97 Å². The number of hydrogen-bond acceptors (Lipinski definition) is 4. The SMILES string of the molecule is COc1ccc(Cl)c(S(=O)(=O)N(C)C(C)C(=O)O)c1. The number of halogens is 1. The van der Waals surface area contributed by atoms with Gasteiger partial charge in [-0.2, -0.15) is 4.31 Å². The number of rotatable bonds is 5. The molecule has 1 unspecified atom stereocenters. The number of methoxy groups -OCH3 is 1. The third kappa shape index (κ3) is 3.17. The molecule has 8 heteroatoms. The van der Waals surface area contributed by atoms with Crippen LogP contribution in [0.2, 0.25) is 5.02 Å². The number of carboxylic acid groups (broad SMARTS) is 1. The van der Waals surface area contributed by atoms with Gasteiger partial charge in [-0.05, 0) is 19.1 Å². The van der Waals surface area contributed by atoms with E-state index in [-0.39, 0.29) is 9.92 Å². The number of benzene rings is 1. The van der Waals surface area contributed by atoms with Crippen molar-refractivity contribution in [3.05, 3.63) is 23.2 Å². The molecule has 0 saturated carbocycles. The van der Waals surface area contributed by atoms with Crippen molar-refractivity contribution >= 4 is 27.6 Å². The molecule has 0 radical (unpaired) electrons. The highest BCUT2D eigenvalue weighted by molar-refractivity contribution is 7.89. The molecule has 1 rings (SSSR count). The number of ether oxygens (including phenoxy) is 1. The molecule has 0 saturated heterocycles. The van der Waals surface area contributed by atoms with Crippen LogP contribution in [0.5, 0.6) is 5.75 Å². The Morgan fingerprint density at radius 1 is 1.47 bits per heavy atom. The van der Waals surface area contributed by atoms with Gasteiger partial charge in [-0.1, -0.05) is 11.6 Å². The maximum Gasteiger partial charge on any atom is 0.321 e. The average Bonchev–Trinajstić information content (AvgIpc) is 2.37. The van der Waals surface area contributed by atoms with Crippen molar-refractivity contribution in [1.82, 2.24) is 4.31 Å². The zero-order chi connectivity index (χ0) is 14.8. The monoisotopic (exact) mass is 307 g/mol. The van der Waals surface area contributed by atoms with Crippen LogP contribution in [0, 0.1) is 0 Å². The Labute approximate surface area is 116 Å². The van der Waals surface area contributed by atoms with E-state index < -0.39 is 22.0 Å². The third-order valence-electron chi connectivity index (χ3n) is 2.70. The lowest BCUT2D eigenvalue weighted by Gasteiger charge is -2.21. The van der Waals surface area contributed by atoms with Gasteiger partial charge in [0, 0.05) is 13.1 Å². The summed E-state index contributed by atoms with van der Waals surface area (Å²) in [5, 5.41) is 8.87. The molecule has 0 aliphatic heterocycles. The summed E-state index contributed by atoms with van der Waals surface area (Å²) < 4.78 is 30.3. The number of carbonyl (C=O) groups is 1. The second-order valence-electron chi connectivity index (χ2n) is 3.83. The van der Waals surface area contributed by atoms with Gasteiger partial charge < -0.3 is 9.84 Å². The Bertz CT molecular complexity index is 587. The van der Waals surface area contributed by atoms with Crippen molar-refractivity contribution in [2.75, 3.05) is 14.2 Å². The first-order chi connectivity index (χ1) is 8.71. The summed E-state index contributed by atoms with van der Waals surface area (Å²) in [5.74, 6) is -0.926. The van der Waals surface area contributed by atoms with Crippen LogP contribution in [0.4, 0.5) is 0 Å². The van der Waals surface area contributed by atoms with E-state index in [1.165, 1.54) is 39.3 Å². The highest BCUT2D eigenvalue weighted by Gasteiger charge is 2.31. The molecule has 6 nitrogen and oxygen atoms in total. The smallest absolute Gasteiger partial charge is 0.321 e. The molecule has 1 atom stereocenters. The van der Waals surface area contributed by atoms with E-state index in [0.717, 1.165) is 4.31 Å². The summed E-state index contributed by atoms with van der Waals surface area (Å²) >= 11 is 5.86. The molecule has 0 spiro atoms. The van der Waals surface area contributed by atoms with Gasteiger partial charge in [0.1, 0.15) is 16.7 Å². The van der Waals surface area contributed by atoms with E-state index in [1.54, 1.807) is 0 Å². The fourth-order valence-electron chi connectivity index (χ4n) is 1.33. The Hall–Kier alpha value is -1.31. The van der Waals surface area contributed by atoms with Crippen LogP contribution >= 0.6 is 11.6 Å². The molecule has 0 heterocycles. The standard InChI is InChI=1S/C11H14ClNO5S/c1-7(11(14)15)13(2)19(16,17)10-6-8(18-3)4-5-9(10)12/h4-7H,1-3H3,(H,14,15). The molecule has 0 aliphatic carbocycles. The predicted octanol–water partition coefficient (Wildman–Crippen LogP) is 1.44. The Balaban J connectivity index is 3.31. The topological polar surface area (TPSA) is 83.9 Å². The lowest BCUT2D eigenvalue weighted by Crippen LogP contribution is -2.40. The van der Waals surface area contributed by atoms with Crippen LogP contribution in [-0.4, -0.2) is 44.0 Å². The van der Waals surface area contributed by atoms with E-state index in [2.05, 4.69) is 0 Å². The molecule has 0 bridgehead atoms. The van der Waals surface area contributed by atoms with Crippen LogP contribution < -0.4 is 4.74 Å². The van der Waals surface area contributed by atoms with Crippen LogP contribution in [0.25, 0.3) is 0 Å². The first-order valence-corrected chi connectivity index (χ1v) is 7.08. The molecular weight excluding hydrogens is 294 g/mol. The second kappa shape index (κ2) is 5.77. The summed E-state index contributed by atoms with van der Waals surface area (Å²) in [7, 11) is -1.43. The molecule has 0 amide bonds.